The Morgan fingerprint density at radius 3 is 2.70 bits per heavy atom. The lowest BCUT2D eigenvalue weighted by molar-refractivity contribution is 0.500. The van der Waals surface area contributed by atoms with Gasteiger partial charge in [-0.2, -0.15) is 0 Å². The van der Waals surface area contributed by atoms with Crippen molar-refractivity contribution in [3.05, 3.63) is 46.9 Å². The van der Waals surface area contributed by atoms with Crippen LogP contribution in [0.5, 0.6) is 0 Å². The van der Waals surface area contributed by atoms with Crippen molar-refractivity contribution < 1.29 is 4.42 Å². The zero-order chi connectivity index (χ0) is 14.3. The van der Waals surface area contributed by atoms with Gasteiger partial charge in [0.05, 0.1) is 16.3 Å². The first-order chi connectivity index (χ1) is 9.52. The highest BCUT2D eigenvalue weighted by Crippen LogP contribution is 2.30. The van der Waals surface area contributed by atoms with E-state index in [0.717, 1.165) is 22.2 Å². The summed E-state index contributed by atoms with van der Waals surface area (Å²) in [4.78, 5) is 4.65. The molecule has 104 valence electrons. The number of benzene rings is 1. The predicted octanol–water partition coefficient (Wildman–Crippen LogP) is 4.99. The van der Waals surface area contributed by atoms with Gasteiger partial charge < -0.3 is 9.73 Å². The summed E-state index contributed by atoms with van der Waals surface area (Å²) in [5, 5.41) is 4.42. The van der Waals surface area contributed by atoms with Crippen LogP contribution in [0.1, 0.15) is 35.6 Å². The lowest BCUT2D eigenvalue weighted by Gasteiger charge is -2.11. The molecule has 0 bridgehead atoms. The number of nitrogens with one attached hydrogen (secondary N) is 1. The maximum Gasteiger partial charge on any atom is 0.184 e. The molecule has 20 heavy (non-hydrogen) atoms. The fourth-order valence-electron chi connectivity index (χ4n) is 2.44. The number of thiazole rings is 1. The van der Waals surface area contributed by atoms with E-state index < -0.39 is 0 Å². The molecule has 4 heteroatoms. The largest absolute Gasteiger partial charge is 0.466 e. The fraction of sp³-hybridized carbons (Fsp3) is 0.312. The second kappa shape index (κ2) is 4.94. The van der Waals surface area contributed by atoms with E-state index in [-0.39, 0.29) is 6.04 Å². The number of hydrogen-bond acceptors (Lipinski definition) is 4. The zero-order valence-electron chi connectivity index (χ0n) is 12.2. The molecular weight excluding hydrogens is 268 g/mol. The third-order valence-electron chi connectivity index (χ3n) is 3.43. The van der Waals surface area contributed by atoms with Gasteiger partial charge in [-0.1, -0.05) is 17.4 Å². The van der Waals surface area contributed by atoms with Gasteiger partial charge in [-0.05, 0) is 51.5 Å². The van der Waals surface area contributed by atoms with Gasteiger partial charge in [0.2, 0.25) is 0 Å². The van der Waals surface area contributed by atoms with Crippen LogP contribution < -0.4 is 5.32 Å². The van der Waals surface area contributed by atoms with Crippen LogP contribution in [0, 0.1) is 20.8 Å². The Balaban J connectivity index is 1.87. The van der Waals surface area contributed by atoms with E-state index in [0.29, 0.717) is 0 Å². The summed E-state index contributed by atoms with van der Waals surface area (Å²) in [6.45, 7) is 8.20. The van der Waals surface area contributed by atoms with E-state index in [1.54, 1.807) is 11.3 Å². The van der Waals surface area contributed by atoms with Crippen molar-refractivity contribution in [1.82, 2.24) is 4.98 Å². The summed E-state index contributed by atoms with van der Waals surface area (Å²) >= 11 is 1.69. The molecule has 3 nitrogen and oxygen atoms in total. The maximum atomic E-state index is 5.59. The molecule has 0 saturated carbocycles. The van der Waals surface area contributed by atoms with E-state index in [4.69, 9.17) is 4.42 Å². The Labute approximate surface area is 122 Å². The molecule has 0 spiro atoms. The second-order valence-corrected chi connectivity index (χ2v) is 6.26. The molecule has 0 saturated heterocycles. The molecular formula is C16H18N2OS. The lowest BCUT2D eigenvalue weighted by atomic mass is 10.1. The summed E-state index contributed by atoms with van der Waals surface area (Å²) in [6.07, 6.45) is 0. The van der Waals surface area contributed by atoms with E-state index in [2.05, 4.69) is 48.4 Å². The number of aromatic nitrogens is 1. The molecule has 2 aromatic heterocycles. The van der Waals surface area contributed by atoms with Crippen LogP contribution in [0.2, 0.25) is 0 Å². The molecule has 1 N–H and O–H groups in total. The number of nitrogens with zero attached hydrogens (tertiary/aromatic N) is 1. The first-order valence-corrected chi connectivity index (χ1v) is 7.55. The topological polar surface area (TPSA) is 38.1 Å². The van der Waals surface area contributed by atoms with Crippen molar-refractivity contribution in [2.45, 2.75) is 33.7 Å². The normalized spacial score (nSPS) is 12.8. The minimum absolute atomic E-state index is 0.189. The number of hydrogen-bond donors (Lipinski definition) is 1. The van der Waals surface area contributed by atoms with E-state index >= 15 is 0 Å². The molecule has 0 radical (unpaired) electrons. The molecule has 0 aliphatic carbocycles. The minimum Gasteiger partial charge on any atom is -0.466 e. The van der Waals surface area contributed by atoms with Gasteiger partial charge in [0.25, 0.3) is 0 Å². The predicted molar refractivity (Wildman–Crippen MR) is 84.6 cm³/mol. The van der Waals surface area contributed by atoms with Crippen LogP contribution in [0.15, 0.2) is 28.7 Å². The van der Waals surface area contributed by atoms with Crippen molar-refractivity contribution >= 4 is 26.7 Å². The number of aryl methyl sites for hydroxylation is 3. The van der Waals surface area contributed by atoms with E-state index in [9.17, 15) is 0 Å². The fourth-order valence-corrected chi connectivity index (χ4v) is 3.38. The van der Waals surface area contributed by atoms with Crippen molar-refractivity contribution in [3.8, 4) is 0 Å². The Morgan fingerprint density at radius 1 is 1.20 bits per heavy atom. The second-order valence-electron chi connectivity index (χ2n) is 5.22. The number of rotatable bonds is 3. The van der Waals surface area contributed by atoms with E-state index in [1.807, 2.05) is 13.8 Å². The maximum absolute atomic E-state index is 5.59. The van der Waals surface area contributed by atoms with Crippen LogP contribution >= 0.6 is 11.3 Å². The van der Waals surface area contributed by atoms with Gasteiger partial charge >= 0.3 is 0 Å². The molecule has 3 rings (SSSR count). The van der Waals surface area contributed by atoms with Crippen molar-refractivity contribution in [2.75, 3.05) is 5.32 Å². The zero-order valence-corrected chi connectivity index (χ0v) is 13.0. The first kappa shape index (κ1) is 13.2. The molecule has 1 atom stereocenters. The van der Waals surface area contributed by atoms with Crippen LogP contribution in [-0.2, 0) is 0 Å². The molecule has 0 amide bonds. The van der Waals surface area contributed by atoms with Gasteiger partial charge in [-0.15, -0.1) is 0 Å². The third kappa shape index (κ3) is 2.43. The van der Waals surface area contributed by atoms with Gasteiger partial charge in [0.1, 0.15) is 11.5 Å². The highest BCUT2D eigenvalue weighted by molar-refractivity contribution is 7.22. The summed E-state index contributed by atoms with van der Waals surface area (Å²) in [5.74, 6) is 1.92. The Morgan fingerprint density at radius 2 is 2.00 bits per heavy atom. The van der Waals surface area contributed by atoms with Gasteiger partial charge in [-0.3, -0.25) is 0 Å². The van der Waals surface area contributed by atoms with E-state index in [1.165, 1.54) is 15.8 Å². The Kier molecular flexibility index (Phi) is 3.26. The molecule has 2 heterocycles. The molecule has 0 aliphatic heterocycles. The standard InChI is InChI=1S/C16H18N2OS/c1-9-5-6-15-14(7-9)18-16(20-15)17-11(3)13-8-10(2)19-12(13)4/h5-8,11H,1-4H3,(H,17,18). The molecule has 0 fully saturated rings. The summed E-state index contributed by atoms with van der Waals surface area (Å²) in [5.41, 5.74) is 3.49. The average molecular weight is 286 g/mol. The molecule has 0 aliphatic rings. The number of furan rings is 1. The molecule has 1 unspecified atom stereocenters. The average Bonchev–Trinajstić information content (AvgIpc) is 2.91. The number of fused-ring (bicyclic) bond motifs is 1. The quantitative estimate of drug-likeness (QED) is 0.737. The highest BCUT2D eigenvalue weighted by Gasteiger charge is 2.14. The Hall–Kier alpha value is -1.81. The lowest BCUT2D eigenvalue weighted by Crippen LogP contribution is -2.06. The summed E-state index contributed by atoms with van der Waals surface area (Å²) in [6, 6.07) is 8.65. The third-order valence-corrected chi connectivity index (χ3v) is 4.40. The van der Waals surface area contributed by atoms with Crippen molar-refractivity contribution in [2.24, 2.45) is 0 Å². The van der Waals surface area contributed by atoms with Gasteiger partial charge in [-0.25, -0.2) is 4.98 Å². The highest BCUT2D eigenvalue weighted by atomic mass is 32.1. The minimum atomic E-state index is 0.189. The van der Waals surface area contributed by atoms with Crippen LogP contribution in [0.4, 0.5) is 5.13 Å². The van der Waals surface area contributed by atoms with Crippen molar-refractivity contribution in [1.29, 1.82) is 0 Å². The first-order valence-electron chi connectivity index (χ1n) is 6.73. The summed E-state index contributed by atoms with van der Waals surface area (Å²) in [7, 11) is 0. The van der Waals surface area contributed by atoms with Gasteiger partial charge in [0, 0.05) is 5.56 Å². The Bertz CT molecular complexity index is 757. The SMILES string of the molecule is Cc1ccc2sc(NC(C)c3cc(C)oc3C)nc2c1. The smallest absolute Gasteiger partial charge is 0.184 e. The molecule has 1 aromatic carbocycles. The van der Waals surface area contributed by atoms with Crippen LogP contribution in [0.3, 0.4) is 0 Å². The van der Waals surface area contributed by atoms with Gasteiger partial charge in [0.15, 0.2) is 5.13 Å². The van der Waals surface area contributed by atoms with Crippen LogP contribution in [0.25, 0.3) is 10.2 Å². The van der Waals surface area contributed by atoms with Crippen molar-refractivity contribution in [3.63, 3.8) is 0 Å². The molecule has 3 aromatic rings. The summed E-state index contributed by atoms with van der Waals surface area (Å²) < 4.78 is 6.80. The monoisotopic (exact) mass is 286 g/mol. The van der Waals surface area contributed by atoms with Crippen LogP contribution in [-0.4, -0.2) is 4.98 Å². The number of anilines is 1.